The fourth-order valence-corrected chi connectivity index (χ4v) is 3.06. The number of rotatable bonds is 4. The van der Waals surface area contributed by atoms with Gasteiger partial charge in [-0.25, -0.2) is 0 Å². The predicted molar refractivity (Wildman–Crippen MR) is 87.5 cm³/mol. The van der Waals surface area contributed by atoms with E-state index in [1.54, 1.807) is 0 Å². The van der Waals surface area contributed by atoms with Gasteiger partial charge in [-0.15, -0.1) is 0 Å². The Morgan fingerprint density at radius 3 is 2.35 bits per heavy atom. The average molecular weight is 275 g/mol. The van der Waals surface area contributed by atoms with Crippen LogP contribution in [-0.4, -0.2) is 43.2 Å². The molecule has 3 heteroatoms. The molecule has 1 aromatic carbocycles. The van der Waals surface area contributed by atoms with Gasteiger partial charge in [0.05, 0.1) is 0 Å². The first kappa shape index (κ1) is 15.3. The van der Waals surface area contributed by atoms with Crippen molar-refractivity contribution in [3.8, 4) is 0 Å². The average Bonchev–Trinajstić information content (AvgIpc) is 2.49. The fraction of sp³-hybridized carbons (Fsp3) is 0.647. The van der Waals surface area contributed by atoms with E-state index in [-0.39, 0.29) is 5.54 Å². The second-order valence-electron chi connectivity index (χ2n) is 6.25. The highest BCUT2D eigenvalue weighted by Crippen LogP contribution is 2.26. The largest absolute Gasteiger partial charge is 0.369 e. The maximum atomic E-state index is 5.98. The number of hydrogen-bond acceptors (Lipinski definition) is 3. The summed E-state index contributed by atoms with van der Waals surface area (Å²) >= 11 is 0. The smallest absolute Gasteiger partial charge is 0.0399 e. The molecule has 2 N–H and O–H groups in total. The molecule has 0 amide bonds. The van der Waals surface area contributed by atoms with Gasteiger partial charge in [0.1, 0.15) is 0 Å². The van der Waals surface area contributed by atoms with Gasteiger partial charge >= 0.3 is 0 Å². The zero-order chi connectivity index (χ0) is 14.8. The minimum Gasteiger partial charge on any atom is -0.369 e. The predicted octanol–water partition coefficient (Wildman–Crippen LogP) is 2.55. The van der Waals surface area contributed by atoms with E-state index in [0.29, 0.717) is 0 Å². The van der Waals surface area contributed by atoms with Crippen molar-refractivity contribution in [2.45, 2.75) is 39.7 Å². The van der Waals surface area contributed by atoms with Crippen molar-refractivity contribution in [2.75, 3.05) is 37.6 Å². The minimum absolute atomic E-state index is 0.160. The second kappa shape index (κ2) is 6.15. The number of aryl methyl sites for hydroxylation is 1. The standard InChI is InChI=1S/C17H29N3/c1-5-17(4,13-18)20-11-9-19(10-12-20)16-8-6-7-14(2)15(16)3/h6-8H,5,9-13,18H2,1-4H3. The van der Waals surface area contributed by atoms with Gasteiger partial charge < -0.3 is 10.6 Å². The molecule has 0 radical (unpaired) electrons. The molecule has 0 bridgehead atoms. The molecule has 1 fully saturated rings. The Morgan fingerprint density at radius 2 is 1.80 bits per heavy atom. The molecule has 3 nitrogen and oxygen atoms in total. The summed E-state index contributed by atoms with van der Waals surface area (Å²) < 4.78 is 0. The van der Waals surface area contributed by atoms with Crippen LogP contribution >= 0.6 is 0 Å². The van der Waals surface area contributed by atoms with Crippen molar-refractivity contribution in [3.63, 3.8) is 0 Å². The first-order chi connectivity index (χ1) is 9.51. The lowest BCUT2D eigenvalue weighted by atomic mass is 9.95. The molecule has 1 aliphatic rings. The van der Waals surface area contributed by atoms with Gasteiger partial charge in [-0.3, -0.25) is 4.90 Å². The third kappa shape index (κ3) is 2.84. The Labute approximate surface area is 123 Å². The molecule has 1 aliphatic heterocycles. The molecule has 1 unspecified atom stereocenters. The summed E-state index contributed by atoms with van der Waals surface area (Å²) in [5.41, 5.74) is 10.3. The fourth-order valence-electron chi connectivity index (χ4n) is 3.06. The van der Waals surface area contributed by atoms with E-state index in [4.69, 9.17) is 5.73 Å². The van der Waals surface area contributed by atoms with Crippen molar-refractivity contribution in [2.24, 2.45) is 5.73 Å². The molecule has 1 heterocycles. The van der Waals surface area contributed by atoms with E-state index in [1.807, 2.05) is 0 Å². The van der Waals surface area contributed by atoms with Gasteiger partial charge in [0, 0.05) is 44.0 Å². The first-order valence-electron chi connectivity index (χ1n) is 7.78. The van der Waals surface area contributed by atoms with E-state index < -0.39 is 0 Å². The van der Waals surface area contributed by atoms with Gasteiger partial charge in [0.2, 0.25) is 0 Å². The summed E-state index contributed by atoms with van der Waals surface area (Å²) in [5.74, 6) is 0. The third-order valence-corrected chi connectivity index (χ3v) is 5.16. The van der Waals surface area contributed by atoms with Crippen molar-refractivity contribution >= 4 is 5.69 Å². The van der Waals surface area contributed by atoms with Gasteiger partial charge in [-0.1, -0.05) is 19.1 Å². The van der Waals surface area contributed by atoms with Crippen LogP contribution in [0.1, 0.15) is 31.4 Å². The van der Waals surface area contributed by atoms with Crippen LogP contribution in [-0.2, 0) is 0 Å². The molecule has 20 heavy (non-hydrogen) atoms. The summed E-state index contributed by atoms with van der Waals surface area (Å²) in [6.07, 6.45) is 1.12. The molecule has 0 spiro atoms. The summed E-state index contributed by atoms with van der Waals surface area (Å²) in [6, 6.07) is 6.61. The lowest BCUT2D eigenvalue weighted by Crippen LogP contribution is -2.58. The molecule has 1 saturated heterocycles. The van der Waals surface area contributed by atoms with Crippen LogP contribution in [0.3, 0.4) is 0 Å². The molecule has 0 aromatic heterocycles. The monoisotopic (exact) mass is 275 g/mol. The molecule has 2 rings (SSSR count). The Balaban J connectivity index is 2.06. The summed E-state index contributed by atoms with van der Waals surface area (Å²) in [6.45, 7) is 14.1. The Bertz CT molecular complexity index is 444. The lowest BCUT2D eigenvalue weighted by molar-refractivity contribution is 0.0987. The normalized spacial score (nSPS) is 19.9. The van der Waals surface area contributed by atoms with Gasteiger partial charge in [-0.2, -0.15) is 0 Å². The quantitative estimate of drug-likeness (QED) is 0.916. The van der Waals surface area contributed by atoms with Crippen LogP contribution in [0.25, 0.3) is 0 Å². The number of nitrogens with zero attached hydrogens (tertiary/aromatic N) is 2. The zero-order valence-electron chi connectivity index (χ0n) is 13.4. The molecule has 1 aromatic rings. The van der Waals surface area contributed by atoms with Crippen LogP contribution in [0.5, 0.6) is 0 Å². The highest BCUT2D eigenvalue weighted by Gasteiger charge is 2.31. The molecule has 112 valence electrons. The van der Waals surface area contributed by atoms with E-state index in [0.717, 1.165) is 39.1 Å². The number of benzene rings is 1. The second-order valence-corrected chi connectivity index (χ2v) is 6.25. The highest BCUT2D eigenvalue weighted by atomic mass is 15.3. The SMILES string of the molecule is CCC(C)(CN)N1CCN(c2cccc(C)c2C)CC1. The van der Waals surface area contributed by atoms with Crippen LogP contribution < -0.4 is 10.6 Å². The Morgan fingerprint density at radius 1 is 1.15 bits per heavy atom. The summed E-state index contributed by atoms with van der Waals surface area (Å²) in [7, 11) is 0. The topological polar surface area (TPSA) is 32.5 Å². The number of nitrogens with two attached hydrogens (primary N) is 1. The molecule has 0 aliphatic carbocycles. The third-order valence-electron chi connectivity index (χ3n) is 5.16. The van der Waals surface area contributed by atoms with Gasteiger partial charge in [0.25, 0.3) is 0 Å². The number of hydrogen-bond donors (Lipinski definition) is 1. The van der Waals surface area contributed by atoms with Crippen molar-refractivity contribution in [3.05, 3.63) is 29.3 Å². The molecule has 1 atom stereocenters. The van der Waals surface area contributed by atoms with E-state index in [2.05, 4.69) is 55.7 Å². The lowest BCUT2D eigenvalue weighted by Gasteiger charge is -2.46. The van der Waals surface area contributed by atoms with Gasteiger partial charge in [0.15, 0.2) is 0 Å². The molecular formula is C17H29N3. The van der Waals surface area contributed by atoms with E-state index >= 15 is 0 Å². The van der Waals surface area contributed by atoms with Crippen LogP contribution in [0.15, 0.2) is 18.2 Å². The Kier molecular flexibility index (Phi) is 4.71. The minimum atomic E-state index is 0.160. The van der Waals surface area contributed by atoms with E-state index in [1.165, 1.54) is 16.8 Å². The van der Waals surface area contributed by atoms with Crippen molar-refractivity contribution in [1.82, 2.24) is 4.90 Å². The van der Waals surface area contributed by atoms with Crippen molar-refractivity contribution < 1.29 is 0 Å². The highest BCUT2D eigenvalue weighted by molar-refractivity contribution is 5.56. The summed E-state index contributed by atoms with van der Waals surface area (Å²) in [5, 5.41) is 0. The zero-order valence-corrected chi connectivity index (χ0v) is 13.4. The summed E-state index contributed by atoms with van der Waals surface area (Å²) in [4.78, 5) is 5.08. The number of piperazine rings is 1. The van der Waals surface area contributed by atoms with Crippen molar-refractivity contribution in [1.29, 1.82) is 0 Å². The maximum absolute atomic E-state index is 5.98. The van der Waals surface area contributed by atoms with Crippen LogP contribution in [0.2, 0.25) is 0 Å². The first-order valence-corrected chi connectivity index (χ1v) is 7.78. The number of anilines is 1. The van der Waals surface area contributed by atoms with Crippen LogP contribution in [0.4, 0.5) is 5.69 Å². The molecule has 0 saturated carbocycles. The van der Waals surface area contributed by atoms with Crippen LogP contribution in [0, 0.1) is 13.8 Å². The van der Waals surface area contributed by atoms with Gasteiger partial charge in [-0.05, 0) is 44.4 Å². The maximum Gasteiger partial charge on any atom is 0.0399 e. The molecular weight excluding hydrogens is 246 g/mol. The Hall–Kier alpha value is -1.06. The van der Waals surface area contributed by atoms with E-state index in [9.17, 15) is 0 Å².